The largest absolute Gasteiger partial charge is 0.393 e. The molecule has 0 amide bonds. The number of hydrogen-bond donors (Lipinski definition) is 4. The van der Waals surface area contributed by atoms with Gasteiger partial charge in [0.15, 0.2) is 0 Å². The minimum Gasteiger partial charge on any atom is -0.393 e. The van der Waals surface area contributed by atoms with E-state index in [0.717, 1.165) is 25.7 Å². The van der Waals surface area contributed by atoms with Crippen LogP contribution < -0.4 is 0 Å². The number of carbonyl (C=O) groups excluding carboxylic acids is 1. The van der Waals surface area contributed by atoms with Gasteiger partial charge in [-0.1, -0.05) is 34.6 Å². The SMILES string of the molecule is CC(C)[C@@]1(O)C[C@@H](C)[C@H]2[C@@H]1C(=O)[C@@H]1C3C(CC[C@]21C)[C@@]1(C)CC[C@@H](O)CC1[C@@H](O)[C@@H]3O. The lowest BCUT2D eigenvalue weighted by Gasteiger charge is -2.63. The fourth-order valence-corrected chi connectivity index (χ4v) is 10.0. The van der Waals surface area contributed by atoms with Crippen molar-refractivity contribution in [2.24, 2.45) is 58.2 Å². The molecule has 5 heteroatoms. The summed E-state index contributed by atoms with van der Waals surface area (Å²) in [5, 5.41) is 44.6. The lowest BCUT2D eigenvalue weighted by Crippen LogP contribution is -2.65. The Morgan fingerprint density at radius 1 is 0.935 bits per heavy atom. The third-order valence-corrected chi connectivity index (χ3v) is 11.5. The van der Waals surface area contributed by atoms with E-state index in [9.17, 15) is 25.2 Å². The summed E-state index contributed by atoms with van der Waals surface area (Å²) in [5.74, 6) is -0.307. The van der Waals surface area contributed by atoms with Gasteiger partial charge >= 0.3 is 0 Å². The molecular weight excluding hydrogens is 392 g/mol. The topological polar surface area (TPSA) is 98.0 Å². The van der Waals surface area contributed by atoms with Crippen LogP contribution in [0.5, 0.6) is 0 Å². The number of ketones is 1. The van der Waals surface area contributed by atoms with Gasteiger partial charge in [0.25, 0.3) is 0 Å². The lowest BCUT2D eigenvalue weighted by molar-refractivity contribution is -0.221. The molecule has 0 aromatic carbocycles. The maximum atomic E-state index is 14.1. The van der Waals surface area contributed by atoms with Crippen molar-refractivity contribution in [1.29, 1.82) is 0 Å². The zero-order chi connectivity index (χ0) is 22.7. The highest BCUT2D eigenvalue weighted by atomic mass is 16.3. The molecule has 0 bridgehead atoms. The average molecular weight is 435 g/mol. The van der Waals surface area contributed by atoms with Crippen molar-refractivity contribution < 1.29 is 25.2 Å². The van der Waals surface area contributed by atoms with Crippen molar-refractivity contribution in [3.05, 3.63) is 0 Å². The van der Waals surface area contributed by atoms with Crippen molar-refractivity contribution in [3.63, 3.8) is 0 Å². The van der Waals surface area contributed by atoms with E-state index in [2.05, 4.69) is 20.8 Å². The minimum absolute atomic E-state index is 0.0112. The second kappa shape index (κ2) is 6.77. The van der Waals surface area contributed by atoms with E-state index in [4.69, 9.17) is 0 Å². The van der Waals surface area contributed by atoms with Crippen molar-refractivity contribution >= 4 is 5.78 Å². The van der Waals surface area contributed by atoms with Crippen LogP contribution in [-0.2, 0) is 4.79 Å². The van der Waals surface area contributed by atoms with Gasteiger partial charge in [-0.3, -0.25) is 4.79 Å². The van der Waals surface area contributed by atoms with Crippen LogP contribution in [0.15, 0.2) is 0 Å². The quantitative estimate of drug-likeness (QED) is 0.509. The fourth-order valence-electron chi connectivity index (χ4n) is 10.0. The minimum atomic E-state index is -0.976. The molecule has 3 unspecified atom stereocenters. The molecule has 0 aromatic heterocycles. The molecule has 0 aliphatic heterocycles. The van der Waals surface area contributed by atoms with Crippen LogP contribution >= 0.6 is 0 Å². The molecule has 5 saturated carbocycles. The summed E-state index contributed by atoms with van der Waals surface area (Å²) >= 11 is 0. The lowest BCUT2D eigenvalue weighted by atomic mass is 9.43. The molecule has 0 spiro atoms. The molecule has 0 aromatic rings. The van der Waals surface area contributed by atoms with Gasteiger partial charge in [0, 0.05) is 11.8 Å². The maximum Gasteiger partial charge on any atom is 0.143 e. The maximum absolute atomic E-state index is 14.1. The van der Waals surface area contributed by atoms with E-state index in [-0.39, 0.29) is 64.0 Å². The van der Waals surface area contributed by atoms with Crippen LogP contribution in [0, 0.1) is 58.2 Å². The molecular formula is C26H42O5. The van der Waals surface area contributed by atoms with E-state index >= 15 is 0 Å². The Labute approximate surface area is 186 Å². The number of aliphatic hydroxyl groups excluding tert-OH is 3. The molecule has 5 rings (SSSR count). The van der Waals surface area contributed by atoms with Gasteiger partial charge in [0.2, 0.25) is 0 Å². The summed E-state index contributed by atoms with van der Waals surface area (Å²) in [6.07, 6.45) is 2.39. The number of carbonyl (C=O) groups is 1. The van der Waals surface area contributed by atoms with E-state index < -0.39 is 23.9 Å². The Morgan fingerprint density at radius 2 is 1.58 bits per heavy atom. The Morgan fingerprint density at radius 3 is 2.23 bits per heavy atom. The Hall–Kier alpha value is -0.490. The van der Waals surface area contributed by atoms with Crippen LogP contribution in [0.25, 0.3) is 0 Å². The number of hydrogen-bond acceptors (Lipinski definition) is 5. The van der Waals surface area contributed by atoms with Gasteiger partial charge in [0.1, 0.15) is 5.78 Å². The fraction of sp³-hybridized carbons (Fsp3) is 0.962. The Balaban J connectivity index is 1.58. The summed E-state index contributed by atoms with van der Waals surface area (Å²) in [6, 6.07) is 0. The number of rotatable bonds is 1. The normalized spacial score (nSPS) is 61.0. The first-order valence-corrected chi connectivity index (χ1v) is 12.7. The van der Waals surface area contributed by atoms with Crippen LogP contribution in [-0.4, -0.2) is 50.1 Å². The van der Waals surface area contributed by atoms with E-state index in [1.54, 1.807) is 0 Å². The highest BCUT2D eigenvalue weighted by Crippen LogP contribution is 2.72. The second-order valence-corrected chi connectivity index (χ2v) is 13.0. The summed E-state index contributed by atoms with van der Waals surface area (Å²) in [6.45, 7) is 10.7. The molecule has 5 fully saturated rings. The molecule has 31 heavy (non-hydrogen) atoms. The molecule has 176 valence electrons. The van der Waals surface area contributed by atoms with E-state index in [1.165, 1.54) is 0 Å². The van der Waals surface area contributed by atoms with Crippen LogP contribution in [0.4, 0.5) is 0 Å². The number of Topliss-reactive ketones (excluding diaryl/α,β-unsaturated/α-hetero) is 1. The van der Waals surface area contributed by atoms with Crippen molar-refractivity contribution in [3.8, 4) is 0 Å². The predicted octanol–water partition coefficient (Wildman–Crippen LogP) is 2.78. The third-order valence-electron chi connectivity index (χ3n) is 11.5. The smallest absolute Gasteiger partial charge is 0.143 e. The molecule has 5 aliphatic rings. The van der Waals surface area contributed by atoms with Gasteiger partial charge in [-0.15, -0.1) is 0 Å². The van der Waals surface area contributed by atoms with Crippen LogP contribution in [0.2, 0.25) is 0 Å². The van der Waals surface area contributed by atoms with Gasteiger partial charge in [0.05, 0.1) is 29.8 Å². The standard InChI is InChI=1S/C26H42O5/c1-12(2)26(31)11-13(3)18-20(26)23(30)19-17-15(7-9-25(18,19)5)24(4)8-6-14(27)10-16(24)21(28)22(17)29/h12-22,27-29,31H,6-11H2,1-5H3/t13-,14-,15?,16?,17?,18+,19+,20-,21-,22-,24-,25-,26+/m1/s1. The van der Waals surface area contributed by atoms with Crippen LogP contribution in [0.3, 0.4) is 0 Å². The predicted molar refractivity (Wildman–Crippen MR) is 117 cm³/mol. The van der Waals surface area contributed by atoms with Gasteiger partial charge in [-0.2, -0.15) is 0 Å². The first-order chi connectivity index (χ1) is 14.4. The molecule has 13 atom stereocenters. The van der Waals surface area contributed by atoms with Crippen molar-refractivity contribution in [2.45, 2.75) is 97.1 Å². The third kappa shape index (κ3) is 2.61. The second-order valence-electron chi connectivity index (χ2n) is 13.0. The molecule has 5 aliphatic carbocycles. The molecule has 4 N–H and O–H groups in total. The monoisotopic (exact) mass is 434 g/mol. The average Bonchev–Trinajstić information content (AvgIpc) is 3.12. The zero-order valence-electron chi connectivity index (χ0n) is 19.8. The summed E-state index contributed by atoms with van der Waals surface area (Å²) < 4.78 is 0. The molecule has 0 saturated heterocycles. The Bertz CT molecular complexity index is 767. The van der Waals surface area contributed by atoms with Gasteiger partial charge in [-0.05, 0) is 78.9 Å². The highest BCUT2D eigenvalue weighted by molar-refractivity contribution is 5.89. The Kier molecular flexibility index (Phi) is 4.87. The van der Waals surface area contributed by atoms with Gasteiger partial charge in [-0.25, -0.2) is 0 Å². The first-order valence-electron chi connectivity index (χ1n) is 12.7. The summed E-state index contributed by atoms with van der Waals surface area (Å²) in [5.41, 5.74) is -1.38. The molecule has 5 nitrogen and oxygen atoms in total. The number of fused-ring (bicyclic) bond motifs is 7. The molecule has 0 heterocycles. The molecule has 0 radical (unpaired) electrons. The van der Waals surface area contributed by atoms with Crippen LogP contribution in [0.1, 0.15) is 73.1 Å². The number of aliphatic hydroxyl groups is 4. The highest BCUT2D eigenvalue weighted by Gasteiger charge is 2.74. The van der Waals surface area contributed by atoms with Crippen molar-refractivity contribution in [1.82, 2.24) is 0 Å². The van der Waals surface area contributed by atoms with E-state index in [1.807, 2.05) is 13.8 Å². The van der Waals surface area contributed by atoms with Gasteiger partial charge < -0.3 is 20.4 Å². The van der Waals surface area contributed by atoms with Crippen molar-refractivity contribution in [2.75, 3.05) is 0 Å². The zero-order valence-corrected chi connectivity index (χ0v) is 19.8. The summed E-state index contributed by atoms with van der Waals surface area (Å²) in [7, 11) is 0. The first kappa shape index (κ1) is 22.3. The summed E-state index contributed by atoms with van der Waals surface area (Å²) in [4.78, 5) is 14.1. The van der Waals surface area contributed by atoms with E-state index in [0.29, 0.717) is 12.8 Å².